The number of carbonyl (C=O) groups excluding carboxylic acids is 2. The van der Waals surface area contributed by atoms with Gasteiger partial charge in [-0.2, -0.15) is 0 Å². The summed E-state index contributed by atoms with van der Waals surface area (Å²) in [5.41, 5.74) is 6.67. The number of amides is 2. The summed E-state index contributed by atoms with van der Waals surface area (Å²) < 4.78 is 0. The molecule has 0 radical (unpaired) electrons. The van der Waals surface area contributed by atoms with Gasteiger partial charge in [-0.1, -0.05) is 6.07 Å². The van der Waals surface area contributed by atoms with E-state index in [4.69, 9.17) is 5.73 Å². The molecule has 2 N–H and O–H groups in total. The fourth-order valence-electron chi connectivity index (χ4n) is 1.43. The Morgan fingerprint density at radius 1 is 1.23 bits per heavy atom. The summed E-state index contributed by atoms with van der Waals surface area (Å²) in [6, 6.07) is 4.89. The lowest BCUT2D eigenvalue weighted by Crippen LogP contribution is -2.24. The molecular weight excluding hydrogens is 168 g/mol. The number of imide groups is 1. The molecule has 0 aromatic heterocycles. The van der Waals surface area contributed by atoms with Crippen molar-refractivity contribution >= 4 is 17.5 Å². The van der Waals surface area contributed by atoms with E-state index in [9.17, 15) is 9.59 Å². The van der Waals surface area contributed by atoms with E-state index in [1.54, 1.807) is 18.2 Å². The number of rotatable bonds is 0. The van der Waals surface area contributed by atoms with Gasteiger partial charge in [-0.25, -0.2) is 0 Å². The standard InChI is InChI=1S/C9H8N2O2/c1-11-8(12)5-3-2-4-6(10)7(5)9(11)13/h2-4H,10H2,1H3. The largest absolute Gasteiger partial charge is 0.398 e. The highest BCUT2D eigenvalue weighted by atomic mass is 16.2. The van der Waals surface area contributed by atoms with Gasteiger partial charge in [0.2, 0.25) is 0 Å². The van der Waals surface area contributed by atoms with Crippen molar-refractivity contribution in [2.75, 3.05) is 12.8 Å². The predicted octanol–water partition coefficient (Wildman–Crippen LogP) is 0.495. The van der Waals surface area contributed by atoms with Gasteiger partial charge in [0.25, 0.3) is 11.8 Å². The van der Waals surface area contributed by atoms with Crippen LogP contribution in [-0.2, 0) is 0 Å². The van der Waals surface area contributed by atoms with Crippen molar-refractivity contribution in [3.63, 3.8) is 0 Å². The third-order valence-electron chi connectivity index (χ3n) is 2.15. The normalized spacial score (nSPS) is 15.0. The quantitative estimate of drug-likeness (QED) is 0.462. The summed E-state index contributed by atoms with van der Waals surface area (Å²) in [5, 5.41) is 0. The lowest BCUT2D eigenvalue weighted by atomic mass is 10.1. The second-order valence-electron chi connectivity index (χ2n) is 2.94. The number of anilines is 1. The monoisotopic (exact) mass is 176 g/mol. The van der Waals surface area contributed by atoms with Crippen LogP contribution in [0.2, 0.25) is 0 Å². The molecule has 1 aromatic carbocycles. The lowest BCUT2D eigenvalue weighted by molar-refractivity contribution is 0.0693. The molecule has 0 atom stereocenters. The summed E-state index contributed by atoms with van der Waals surface area (Å²) >= 11 is 0. The van der Waals surface area contributed by atoms with Gasteiger partial charge in [-0.3, -0.25) is 14.5 Å². The molecule has 0 aliphatic carbocycles. The first-order valence-corrected chi connectivity index (χ1v) is 3.84. The van der Waals surface area contributed by atoms with Crippen LogP contribution in [0.1, 0.15) is 20.7 Å². The number of nitrogens with two attached hydrogens (primary N) is 1. The number of nitrogens with zero attached hydrogens (tertiary/aromatic N) is 1. The van der Waals surface area contributed by atoms with Crippen molar-refractivity contribution < 1.29 is 9.59 Å². The Bertz CT molecular complexity index is 412. The molecule has 0 saturated carbocycles. The van der Waals surface area contributed by atoms with E-state index in [0.717, 1.165) is 4.90 Å². The maximum atomic E-state index is 11.5. The van der Waals surface area contributed by atoms with Gasteiger partial charge in [-0.05, 0) is 12.1 Å². The third-order valence-corrected chi connectivity index (χ3v) is 2.15. The number of carbonyl (C=O) groups is 2. The van der Waals surface area contributed by atoms with Crippen molar-refractivity contribution in [3.05, 3.63) is 29.3 Å². The van der Waals surface area contributed by atoms with E-state index in [1.165, 1.54) is 7.05 Å². The average Bonchev–Trinajstić information content (AvgIpc) is 2.33. The Kier molecular flexibility index (Phi) is 1.39. The van der Waals surface area contributed by atoms with Gasteiger partial charge in [0.1, 0.15) is 0 Å². The van der Waals surface area contributed by atoms with Gasteiger partial charge in [0.05, 0.1) is 11.1 Å². The first-order chi connectivity index (χ1) is 6.13. The minimum atomic E-state index is -0.321. The number of hydrogen-bond acceptors (Lipinski definition) is 3. The van der Waals surface area contributed by atoms with E-state index in [2.05, 4.69) is 0 Å². The molecule has 0 saturated heterocycles. The number of fused-ring (bicyclic) bond motifs is 1. The van der Waals surface area contributed by atoms with Crippen LogP contribution >= 0.6 is 0 Å². The van der Waals surface area contributed by atoms with Crippen molar-refractivity contribution in [2.45, 2.75) is 0 Å². The summed E-state index contributed by atoms with van der Waals surface area (Å²) in [6.45, 7) is 0. The smallest absolute Gasteiger partial charge is 0.263 e. The van der Waals surface area contributed by atoms with Gasteiger partial charge in [0.15, 0.2) is 0 Å². The molecule has 2 rings (SSSR count). The summed E-state index contributed by atoms with van der Waals surface area (Å²) in [5.74, 6) is -0.606. The molecule has 0 fully saturated rings. The van der Waals surface area contributed by atoms with E-state index >= 15 is 0 Å². The lowest BCUT2D eigenvalue weighted by Gasteiger charge is -2.03. The number of hydrogen-bond donors (Lipinski definition) is 1. The van der Waals surface area contributed by atoms with Crippen LogP contribution in [0.25, 0.3) is 0 Å². The Morgan fingerprint density at radius 3 is 2.54 bits per heavy atom. The summed E-state index contributed by atoms with van der Waals surface area (Å²) in [6.07, 6.45) is 0. The molecule has 4 nitrogen and oxygen atoms in total. The molecular formula is C9H8N2O2. The molecule has 1 aromatic rings. The predicted molar refractivity (Wildman–Crippen MR) is 47.3 cm³/mol. The highest BCUT2D eigenvalue weighted by Crippen LogP contribution is 2.25. The van der Waals surface area contributed by atoms with Crippen molar-refractivity contribution in [2.24, 2.45) is 0 Å². The van der Waals surface area contributed by atoms with Crippen LogP contribution in [0.4, 0.5) is 5.69 Å². The van der Waals surface area contributed by atoms with Crippen molar-refractivity contribution in [1.29, 1.82) is 0 Å². The van der Waals surface area contributed by atoms with Crippen LogP contribution in [0.5, 0.6) is 0 Å². The zero-order chi connectivity index (χ0) is 9.59. The van der Waals surface area contributed by atoms with Crippen LogP contribution in [-0.4, -0.2) is 23.8 Å². The summed E-state index contributed by atoms with van der Waals surface area (Å²) in [4.78, 5) is 23.9. The molecule has 1 aliphatic rings. The highest BCUT2D eigenvalue weighted by molar-refractivity contribution is 6.23. The first-order valence-electron chi connectivity index (χ1n) is 3.84. The fraction of sp³-hybridized carbons (Fsp3) is 0.111. The van der Waals surface area contributed by atoms with Gasteiger partial charge in [-0.15, -0.1) is 0 Å². The molecule has 0 spiro atoms. The minimum absolute atomic E-state index is 0.285. The molecule has 1 heterocycles. The fourth-order valence-corrected chi connectivity index (χ4v) is 1.43. The zero-order valence-corrected chi connectivity index (χ0v) is 7.07. The van der Waals surface area contributed by atoms with Crippen LogP contribution in [0.3, 0.4) is 0 Å². The van der Waals surface area contributed by atoms with Crippen LogP contribution in [0, 0.1) is 0 Å². The Balaban J connectivity index is 2.74. The minimum Gasteiger partial charge on any atom is -0.398 e. The topological polar surface area (TPSA) is 63.4 Å². The molecule has 13 heavy (non-hydrogen) atoms. The van der Waals surface area contributed by atoms with E-state index in [1.807, 2.05) is 0 Å². The first kappa shape index (κ1) is 7.79. The molecule has 0 bridgehead atoms. The average molecular weight is 176 g/mol. The Morgan fingerprint density at radius 2 is 1.92 bits per heavy atom. The van der Waals surface area contributed by atoms with E-state index in [0.29, 0.717) is 16.8 Å². The van der Waals surface area contributed by atoms with Gasteiger partial charge in [0, 0.05) is 12.7 Å². The molecule has 2 amide bonds. The second-order valence-corrected chi connectivity index (χ2v) is 2.94. The number of nitrogen functional groups attached to an aromatic ring is 1. The molecule has 0 unspecified atom stereocenters. The number of benzene rings is 1. The van der Waals surface area contributed by atoms with Crippen molar-refractivity contribution in [3.8, 4) is 0 Å². The van der Waals surface area contributed by atoms with E-state index in [-0.39, 0.29) is 11.8 Å². The van der Waals surface area contributed by atoms with Crippen LogP contribution < -0.4 is 5.73 Å². The maximum absolute atomic E-state index is 11.5. The Labute approximate surface area is 74.9 Å². The van der Waals surface area contributed by atoms with Gasteiger partial charge >= 0.3 is 0 Å². The van der Waals surface area contributed by atoms with Gasteiger partial charge < -0.3 is 5.73 Å². The zero-order valence-electron chi connectivity index (χ0n) is 7.07. The van der Waals surface area contributed by atoms with E-state index < -0.39 is 0 Å². The summed E-state index contributed by atoms with van der Waals surface area (Å²) in [7, 11) is 1.45. The third kappa shape index (κ3) is 0.853. The Hall–Kier alpha value is -1.84. The molecule has 66 valence electrons. The highest BCUT2D eigenvalue weighted by Gasteiger charge is 2.33. The van der Waals surface area contributed by atoms with Crippen molar-refractivity contribution in [1.82, 2.24) is 4.90 Å². The van der Waals surface area contributed by atoms with Crippen LogP contribution in [0.15, 0.2) is 18.2 Å². The maximum Gasteiger partial charge on any atom is 0.263 e. The molecule has 1 aliphatic heterocycles. The second kappa shape index (κ2) is 2.32. The molecule has 4 heteroatoms. The SMILES string of the molecule is CN1C(=O)c2cccc(N)c2C1=O.